The Kier molecular flexibility index (Phi) is 7.40. The third-order valence-corrected chi connectivity index (χ3v) is 5.24. The maximum absolute atomic E-state index is 13.1. The highest BCUT2D eigenvalue weighted by molar-refractivity contribution is 5.93. The van der Waals surface area contributed by atoms with Gasteiger partial charge in [-0.1, -0.05) is 29.8 Å². The number of hydrogen-bond donors (Lipinski definition) is 1. The summed E-state index contributed by atoms with van der Waals surface area (Å²) in [7, 11) is 0. The van der Waals surface area contributed by atoms with Gasteiger partial charge in [0.1, 0.15) is 5.75 Å². The van der Waals surface area contributed by atoms with Crippen LogP contribution in [0.15, 0.2) is 48.5 Å². The molecule has 0 aliphatic carbocycles. The van der Waals surface area contributed by atoms with E-state index in [1.165, 1.54) is 18.2 Å². The first-order valence-corrected chi connectivity index (χ1v) is 10.3. The molecule has 172 valence electrons. The van der Waals surface area contributed by atoms with Crippen LogP contribution in [0.2, 0.25) is 0 Å². The molecule has 1 saturated heterocycles. The number of ether oxygens (including phenoxy) is 1. The van der Waals surface area contributed by atoms with Crippen molar-refractivity contribution < 1.29 is 27.5 Å². The van der Waals surface area contributed by atoms with E-state index in [1.54, 1.807) is 16.7 Å². The summed E-state index contributed by atoms with van der Waals surface area (Å²) in [5.41, 5.74) is -0.0504. The molecule has 0 saturated carbocycles. The second-order valence-electron chi connectivity index (χ2n) is 7.77. The van der Waals surface area contributed by atoms with E-state index in [9.17, 15) is 22.8 Å². The van der Waals surface area contributed by atoms with Gasteiger partial charge in [0, 0.05) is 26.2 Å². The van der Waals surface area contributed by atoms with Crippen molar-refractivity contribution in [3.8, 4) is 5.75 Å². The maximum Gasteiger partial charge on any atom is 0.418 e. The second kappa shape index (κ2) is 10.0. The SMILES string of the molecule is Cc1ccc(OC(C)C(=O)N2CCN(CC(=O)Nc3ccccc3C(F)(F)F)CC2)cc1. The monoisotopic (exact) mass is 449 g/mol. The zero-order chi connectivity index (χ0) is 23.3. The number of carbonyl (C=O) groups is 2. The van der Waals surface area contributed by atoms with E-state index in [-0.39, 0.29) is 18.1 Å². The van der Waals surface area contributed by atoms with Crippen LogP contribution in [0, 0.1) is 6.92 Å². The summed E-state index contributed by atoms with van der Waals surface area (Å²) >= 11 is 0. The fourth-order valence-corrected chi connectivity index (χ4v) is 3.49. The molecule has 1 heterocycles. The number of alkyl halides is 3. The topological polar surface area (TPSA) is 61.9 Å². The molecule has 2 amide bonds. The predicted octanol–water partition coefficient (Wildman–Crippen LogP) is 3.56. The molecular formula is C23H26F3N3O3. The fourth-order valence-electron chi connectivity index (χ4n) is 3.49. The molecule has 3 rings (SSSR count). The fraction of sp³-hybridized carbons (Fsp3) is 0.391. The molecule has 2 aromatic carbocycles. The standard InChI is InChI=1S/C23H26F3N3O3/c1-16-7-9-18(10-8-16)32-17(2)22(31)29-13-11-28(12-14-29)15-21(30)27-20-6-4-3-5-19(20)23(24,25)26/h3-10,17H,11-15H2,1-2H3,(H,27,30). The Balaban J connectivity index is 1.48. The third kappa shape index (κ3) is 6.23. The molecule has 1 N–H and O–H groups in total. The van der Waals surface area contributed by atoms with Crippen LogP contribution in [0.3, 0.4) is 0 Å². The number of aryl methyl sites for hydroxylation is 1. The number of nitrogens with one attached hydrogen (secondary N) is 1. The Labute approximate surface area is 184 Å². The molecule has 1 unspecified atom stereocenters. The van der Waals surface area contributed by atoms with Crippen LogP contribution in [-0.4, -0.2) is 60.4 Å². The average molecular weight is 449 g/mol. The third-order valence-electron chi connectivity index (χ3n) is 5.24. The van der Waals surface area contributed by atoms with E-state index in [0.29, 0.717) is 31.9 Å². The predicted molar refractivity (Wildman–Crippen MR) is 114 cm³/mol. The molecule has 6 nitrogen and oxygen atoms in total. The normalized spacial score (nSPS) is 15.8. The van der Waals surface area contributed by atoms with Gasteiger partial charge in [0.2, 0.25) is 5.91 Å². The van der Waals surface area contributed by atoms with Gasteiger partial charge < -0.3 is 15.0 Å². The first-order valence-electron chi connectivity index (χ1n) is 10.3. The van der Waals surface area contributed by atoms with E-state index < -0.39 is 23.8 Å². The van der Waals surface area contributed by atoms with Crippen molar-refractivity contribution in [2.45, 2.75) is 26.1 Å². The summed E-state index contributed by atoms with van der Waals surface area (Å²) in [6.07, 6.45) is -5.20. The Morgan fingerprint density at radius 3 is 2.28 bits per heavy atom. The van der Waals surface area contributed by atoms with Crippen LogP contribution in [-0.2, 0) is 15.8 Å². The number of hydrogen-bond acceptors (Lipinski definition) is 4. The number of rotatable bonds is 6. The minimum Gasteiger partial charge on any atom is -0.481 e. The van der Waals surface area contributed by atoms with Crippen LogP contribution < -0.4 is 10.1 Å². The number of benzene rings is 2. The Bertz CT molecular complexity index is 939. The summed E-state index contributed by atoms with van der Waals surface area (Å²) in [6.45, 7) is 5.31. The second-order valence-corrected chi connectivity index (χ2v) is 7.77. The molecule has 2 aromatic rings. The molecule has 32 heavy (non-hydrogen) atoms. The minimum absolute atomic E-state index is 0.0519. The molecule has 0 radical (unpaired) electrons. The first kappa shape index (κ1) is 23.6. The lowest BCUT2D eigenvalue weighted by Gasteiger charge is -2.35. The van der Waals surface area contributed by atoms with Gasteiger partial charge in [0.25, 0.3) is 5.91 Å². The number of para-hydroxylation sites is 1. The molecule has 0 aromatic heterocycles. The van der Waals surface area contributed by atoms with Crippen molar-refractivity contribution in [3.05, 3.63) is 59.7 Å². The van der Waals surface area contributed by atoms with Crippen LogP contribution >= 0.6 is 0 Å². The highest BCUT2D eigenvalue weighted by Crippen LogP contribution is 2.34. The van der Waals surface area contributed by atoms with Crippen molar-refractivity contribution in [1.29, 1.82) is 0 Å². The number of carbonyl (C=O) groups excluding carboxylic acids is 2. The summed E-state index contributed by atoms with van der Waals surface area (Å²) < 4.78 is 45.0. The summed E-state index contributed by atoms with van der Waals surface area (Å²) in [5, 5.41) is 2.35. The Morgan fingerprint density at radius 2 is 1.66 bits per heavy atom. The van der Waals surface area contributed by atoms with E-state index in [2.05, 4.69) is 5.32 Å². The molecule has 0 spiro atoms. The van der Waals surface area contributed by atoms with Crippen LogP contribution in [0.4, 0.5) is 18.9 Å². The van der Waals surface area contributed by atoms with Crippen LogP contribution in [0.5, 0.6) is 5.75 Å². The zero-order valence-electron chi connectivity index (χ0n) is 18.0. The Hall–Kier alpha value is -3.07. The number of amides is 2. The Morgan fingerprint density at radius 1 is 1.03 bits per heavy atom. The molecule has 1 aliphatic rings. The minimum atomic E-state index is -4.55. The van der Waals surface area contributed by atoms with Crippen molar-refractivity contribution in [2.75, 3.05) is 38.0 Å². The number of nitrogens with zero attached hydrogens (tertiary/aromatic N) is 2. The highest BCUT2D eigenvalue weighted by atomic mass is 19.4. The number of anilines is 1. The van der Waals surface area contributed by atoms with Gasteiger partial charge in [0.15, 0.2) is 6.10 Å². The van der Waals surface area contributed by atoms with Crippen molar-refractivity contribution in [1.82, 2.24) is 9.80 Å². The molecule has 1 atom stereocenters. The summed E-state index contributed by atoms with van der Waals surface area (Å²) in [4.78, 5) is 28.4. The van der Waals surface area contributed by atoms with Gasteiger partial charge in [-0.3, -0.25) is 14.5 Å². The maximum atomic E-state index is 13.1. The quantitative estimate of drug-likeness (QED) is 0.733. The smallest absolute Gasteiger partial charge is 0.418 e. The molecule has 0 bridgehead atoms. The zero-order valence-corrected chi connectivity index (χ0v) is 18.0. The highest BCUT2D eigenvalue weighted by Gasteiger charge is 2.34. The van der Waals surface area contributed by atoms with Gasteiger partial charge in [-0.05, 0) is 38.1 Å². The summed E-state index contributed by atoms with van der Waals surface area (Å²) in [5.74, 6) is -0.0581. The van der Waals surface area contributed by atoms with Crippen molar-refractivity contribution in [2.24, 2.45) is 0 Å². The van der Waals surface area contributed by atoms with Crippen LogP contribution in [0.1, 0.15) is 18.1 Å². The lowest BCUT2D eigenvalue weighted by atomic mass is 10.1. The van der Waals surface area contributed by atoms with Gasteiger partial charge in [0.05, 0.1) is 17.8 Å². The number of halogens is 3. The first-order chi connectivity index (χ1) is 15.1. The van der Waals surface area contributed by atoms with Crippen LogP contribution in [0.25, 0.3) is 0 Å². The largest absolute Gasteiger partial charge is 0.481 e. The van der Waals surface area contributed by atoms with Gasteiger partial charge in [-0.2, -0.15) is 13.2 Å². The average Bonchev–Trinajstić information content (AvgIpc) is 2.75. The molecule has 9 heteroatoms. The summed E-state index contributed by atoms with van der Waals surface area (Å²) in [6, 6.07) is 12.3. The van der Waals surface area contributed by atoms with Crippen molar-refractivity contribution in [3.63, 3.8) is 0 Å². The van der Waals surface area contributed by atoms with Gasteiger partial charge in [-0.25, -0.2) is 0 Å². The lowest BCUT2D eigenvalue weighted by Crippen LogP contribution is -2.53. The van der Waals surface area contributed by atoms with Crippen molar-refractivity contribution >= 4 is 17.5 Å². The molecule has 1 aliphatic heterocycles. The van der Waals surface area contributed by atoms with Gasteiger partial charge >= 0.3 is 6.18 Å². The molecule has 1 fully saturated rings. The number of piperazine rings is 1. The van der Waals surface area contributed by atoms with E-state index >= 15 is 0 Å². The molecular weight excluding hydrogens is 423 g/mol. The van der Waals surface area contributed by atoms with E-state index in [0.717, 1.165) is 11.6 Å². The van der Waals surface area contributed by atoms with E-state index in [1.807, 2.05) is 31.2 Å². The lowest BCUT2D eigenvalue weighted by molar-refractivity contribution is -0.139. The van der Waals surface area contributed by atoms with E-state index in [4.69, 9.17) is 4.74 Å². The van der Waals surface area contributed by atoms with Gasteiger partial charge in [-0.15, -0.1) is 0 Å².